The molecule has 0 aliphatic carbocycles. The number of hydrogen-bond donors (Lipinski definition) is 2. The highest BCUT2D eigenvalue weighted by Crippen LogP contribution is 2.23. The van der Waals surface area contributed by atoms with Gasteiger partial charge in [-0.2, -0.15) is 0 Å². The fourth-order valence-corrected chi connectivity index (χ4v) is 2.36. The SMILES string of the molecule is Cc1nc(Br)ccc1NC(=O)c1ccc(N(C)C)c(N)c1. The third-order valence-electron chi connectivity index (χ3n) is 3.07. The van der Waals surface area contributed by atoms with Crippen LogP contribution in [0.15, 0.2) is 34.9 Å². The molecule has 1 amide bonds. The lowest BCUT2D eigenvalue weighted by molar-refractivity contribution is 0.102. The summed E-state index contributed by atoms with van der Waals surface area (Å²) in [5.74, 6) is -0.209. The maximum Gasteiger partial charge on any atom is 0.255 e. The van der Waals surface area contributed by atoms with E-state index in [9.17, 15) is 4.79 Å². The molecule has 0 unspecified atom stereocenters. The Morgan fingerprint density at radius 3 is 2.57 bits per heavy atom. The number of rotatable bonds is 3. The number of aromatic nitrogens is 1. The van der Waals surface area contributed by atoms with Crippen LogP contribution >= 0.6 is 15.9 Å². The lowest BCUT2D eigenvalue weighted by Crippen LogP contribution is -2.15. The highest BCUT2D eigenvalue weighted by atomic mass is 79.9. The van der Waals surface area contributed by atoms with E-state index in [0.29, 0.717) is 16.9 Å². The van der Waals surface area contributed by atoms with Crippen LogP contribution in [0.5, 0.6) is 0 Å². The van der Waals surface area contributed by atoms with Gasteiger partial charge in [-0.1, -0.05) is 0 Å². The number of anilines is 3. The van der Waals surface area contributed by atoms with Crippen LogP contribution in [0.1, 0.15) is 16.1 Å². The first-order valence-corrected chi connectivity index (χ1v) is 7.19. The first-order chi connectivity index (χ1) is 9.88. The van der Waals surface area contributed by atoms with E-state index in [0.717, 1.165) is 16.0 Å². The third kappa shape index (κ3) is 3.52. The van der Waals surface area contributed by atoms with Gasteiger partial charge in [-0.3, -0.25) is 4.79 Å². The lowest BCUT2D eigenvalue weighted by Gasteiger charge is -2.16. The molecule has 5 nitrogen and oxygen atoms in total. The highest BCUT2D eigenvalue weighted by molar-refractivity contribution is 9.10. The Bertz CT molecular complexity index is 685. The summed E-state index contributed by atoms with van der Waals surface area (Å²) in [6.07, 6.45) is 0. The number of benzene rings is 1. The van der Waals surface area contributed by atoms with E-state index in [1.807, 2.05) is 38.1 Å². The number of nitrogens with zero attached hydrogens (tertiary/aromatic N) is 2. The molecule has 0 aliphatic rings. The van der Waals surface area contributed by atoms with Crippen molar-refractivity contribution >= 4 is 38.9 Å². The minimum Gasteiger partial charge on any atom is -0.397 e. The molecule has 2 rings (SSSR count). The van der Waals surface area contributed by atoms with E-state index in [-0.39, 0.29) is 5.91 Å². The highest BCUT2D eigenvalue weighted by Gasteiger charge is 2.11. The molecule has 3 N–H and O–H groups in total. The van der Waals surface area contributed by atoms with Crippen LogP contribution in [0, 0.1) is 6.92 Å². The Morgan fingerprint density at radius 1 is 1.29 bits per heavy atom. The number of nitrogens with two attached hydrogens (primary N) is 1. The Morgan fingerprint density at radius 2 is 2.00 bits per heavy atom. The minimum atomic E-state index is -0.209. The molecule has 1 aromatic carbocycles. The second kappa shape index (κ2) is 6.13. The van der Waals surface area contributed by atoms with Gasteiger partial charge in [-0.05, 0) is 53.2 Å². The molecule has 0 aliphatic heterocycles. The fraction of sp³-hybridized carbons (Fsp3) is 0.200. The number of carbonyl (C=O) groups is 1. The van der Waals surface area contributed by atoms with Gasteiger partial charge in [-0.15, -0.1) is 0 Å². The summed E-state index contributed by atoms with van der Waals surface area (Å²) in [5.41, 5.74) is 9.35. The summed E-state index contributed by atoms with van der Waals surface area (Å²) in [6.45, 7) is 1.84. The molecule has 0 saturated heterocycles. The largest absolute Gasteiger partial charge is 0.397 e. The normalized spacial score (nSPS) is 10.3. The Hall–Kier alpha value is -2.08. The first-order valence-electron chi connectivity index (χ1n) is 6.40. The minimum absolute atomic E-state index is 0.209. The Kier molecular flexibility index (Phi) is 4.47. The summed E-state index contributed by atoms with van der Waals surface area (Å²) < 4.78 is 0.734. The maximum absolute atomic E-state index is 12.3. The molecule has 6 heteroatoms. The molecule has 0 fully saturated rings. The zero-order valence-corrected chi connectivity index (χ0v) is 13.7. The number of hydrogen-bond acceptors (Lipinski definition) is 4. The van der Waals surface area contributed by atoms with Gasteiger partial charge in [0.2, 0.25) is 0 Å². The quantitative estimate of drug-likeness (QED) is 0.660. The first kappa shape index (κ1) is 15.3. The molecule has 0 radical (unpaired) electrons. The second-order valence-corrected chi connectivity index (χ2v) is 5.70. The van der Waals surface area contributed by atoms with E-state index in [4.69, 9.17) is 5.73 Å². The van der Waals surface area contributed by atoms with Crippen LogP contribution in [-0.4, -0.2) is 25.0 Å². The van der Waals surface area contributed by atoms with E-state index < -0.39 is 0 Å². The molecule has 0 saturated carbocycles. The molecule has 21 heavy (non-hydrogen) atoms. The molecule has 0 spiro atoms. The van der Waals surface area contributed by atoms with Crippen LogP contribution in [0.25, 0.3) is 0 Å². The molecule has 1 heterocycles. The van der Waals surface area contributed by atoms with Gasteiger partial charge in [-0.25, -0.2) is 4.98 Å². The Balaban J connectivity index is 2.22. The lowest BCUT2D eigenvalue weighted by atomic mass is 10.1. The standard InChI is InChI=1S/C15H17BrN4O/c1-9-12(5-7-14(16)18-9)19-15(21)10-4-6-13(20(2)3)11(17)8-10/h4-8H,17H2,1-3H3,(H,19,21). The molecular formula is C15H17BrN4O. The van der Waals surface area contributed by atoms with Crippen LogP contribution in [0.2, 0.25) is 0 Å². The summed E-state index contributed by atoms with van der Waals surface area (Å²) in [4.78, 5) is 18.4. The monoisotopic (exact) mass is 348 g/mol. The number of aryl methyl sites for hydroxylation is 1. The predicted octanol–water partition coefficient (Wildman–Crippen LogP) is 3.05. The summed E-state index contributed by atoms with van der Waals surface area (Å²) in [7, 11) is 3.81. The van der Waals surface area contributed by atoms with Crippen molar-refractivity contribution in [3.8, 4) is 0 Å². The number of carbonyl (C=O) groups excluding carboxylic acids is 1. The zero-order valence-electron chi connectivity index (χ0n) is 12.1. The van der Waals surface area contributed by atoms with E-state index in [1.54, 1.807) is 18.2 Å². The van der Waals surface area contributed by atoms with Crippen LogP contribution in [0.3, 0.4) is 0 Å². The van der Waals surface area contributed by atoms with E-state index in [1.165, 1.54) is 0 Å². The third-order valence-corrected chi connectivity index (χ3v) is 3.51. The number of halogens is 1. The molecule has 0 bridgehead atoms. The zero-order chi connectivity index (χ0) is 15.6. The second-order valence-electron chi connectivity index (χ2n) is 4.89. The molecular weight excluding hydrogens is 332 g/mol. The summed E-state index contributed by atoms with van der Waals surface area (Å²) in [6, 6.07) is 8.85. The number of nitrogens with one attached hydrogen (secondary N) is 1. The average molecular weight is 349 g/mol. The van der Waals surface area contributed by atoms with Gasteiger partial charge in [0.15, 0.2) is 0 Å². The van der Waals surface area contributed by atoms with Crippen molar-refractivity contribution in [3.63, 3.8) is 0 Å². The van der Waals surface area contributed by atoms with Gasteiger partial charge < -0.3 is 16.0 Å². The van der Waals surface area contributed by atoms with Crippen molar-refractivity contribution in [1.29, 1.82) is 0 Å². The summed E-state index contributed by atoms with van der Waals surface area (Å²) >= 11 is 3.29. The molecule has 0 atom stereocenters. The van der Waals surface area contributed by atoms with E-state index in [2.05, 4.69) is 26.2 Å². The van der Waals surface area contributed by atoms with Crippen molar-refractivity contribution in [2.24, 2.45) is 0 Å². The average Bonchev–Trinajstić information content (AvgIpc) is 2.41. The fourth-order valence-electron chi connectivity index (χ4n) is 1.96. The Labute approximate surface area is 132 Å². The van der Waals surface area contributed by atoms with Crippen LogP contribution in [0.4, 0.5) is 17.1 Å². The topological polar surface area (TPSA) is 71.2 Å². The van der Waals surface area contributed by atoms with Crippen LogP contribution in [-0.2, 0) is 0 Å². The van der Waals surface area contributed by atoms with Crippen molar-refractivity contribution in [1.82, 2.24) is 4.98 Å². The number of amides is 1. The maximum atomic E-state index is 12.3. The number of pyridine rings is 1. The number of nitrogen functional groups attached to an aromatic ring is 1. The van der Waals surface area contributed by atoms with Crippen LogP contribution < -0.4 is 16.0 Å². The predicted molar refractivity (Wildman–Crippen MR) is 89.8 cm³/mol. The smallest absolute Gasteiger partial charge is 0.255 e. The molecule has 1 aromatic heterocycles. The van der Waals surface area contributed by atoms with Gasteiger partial charge >= 0.3 is 0 Å². The van der Waals surface area contributed by atoms with Crippen molar-refractivity contribution in [2.45, 2.75) is 6.92 Å². The van der Waals surface area contributed by atoms with Crippen molar-refractivity contribution in [2.75, 3.05) is 30.0 Å². The molecule has 2 aromatic rings. The van der Waals surface area contributed by atoms with Gasteiger partial charge in [0.25, 0.3) is 5.91 Å². The van der Waals surface area contributed by atoms with Gasteiger partial charge in [0, 0.05) is 19.7 Å². The van der Waals surface area contributed by atoms with Gasteiger partial charge in [0.1, 0.15) is 4.60 Å². The van der Waals surface area contributed by atoms with Gasteiger partial charge in [0.05, 0.1) is 22.8 Å². The molecule has 110 valence electrons. The van der Waals surface area contributed by atoms with Crippen molar-refractivity contribution < 1.29 is 4.79 Å². The van der Waals surface area contributed by atoms with E-state index >= 15 is 0 Å². The summed E-state index contributed by atoms with van der Waals surface area (Å²) in [5, 5.41) is 2.84. The van der Waals surface area contributed by atoms with Crippen molar-refractivity contribution in [3.05, 3.63) is 46.2 Å².